The van der Waals surface area contributed by atoms with Gasteiger partial charge in [0.05, 0.1) is 12.9 Å². The lowest BCUT2D eigenvalue weighted by molar-refractivity contribution is 0.101. The SMILES string of the molecule is CC=C1CC(COS(C)(=O)=O)C1(C)C. The summed E-state index contributed by atoms with van der Waals surface area (Å²) in [6, 6.07) is 0. The zero-order chi connectivity index (χ0) is 11.0. The normalized spacial score (nSPS) is 28.9. The van der Waals surface area contributed by atoms with E-state index in [1.807, 2.05) is 6.92 Å². The van der Waals surface area contributed by atoms with Gasteiger partial charge in [0, 0.05) is 0 Å². The number of allylic oxidation sites excluding steroid dienone is 2. The second kappa shape index (κ2) is 3.66. The average molecular weight is 218 g/mol. The number of hydrogen-bond acceptors (Lipinski definition) is 3. The van der Waals surface area contributed by atoms with Gasteiger partial charge in [0.25, 0.3) is 10.1 Å². The van der Waals surface area contributed by atoms with Gasteiger partial charge in [0.15, 0.2) is 0 Å². The smallest absolute Gasteiger partial charge is 0.264 e. The van der Waals surface area contributed by atoms with Crippen LogP contribution in [0.1, 0.15) is 27.2 Å². The molecule has 0 spiro atoms. The van der Waals surface area contributed by atoms with Crippen LogP contribution in [0, 0.1) is 11.3 Å². The lowest BCUT2D eigenvalue weighted by atomic mass is 9.59. The van der Waals surface area contributed by atoms with E-state index >= 15 is 0 Å². The highest BCUT2D eigenvalue weighted by molar-refractivity contribution is 7.85. The van der Waals surface area contributed by atoms with Gasteiger partial charge in [-0.25, -0.2) is 0 Å². The third-order valence-electron chi connectivity index (χ3n) is 3.15. The molecule has 1 saturated carbocycles. The Hall–Kier alpha value is -0.350. The Morgan fingerprint density at radius 3 is 2.50 bits per heavy atom. The van der Waals surface area contributed by atoms with Crippen LogP contribution in [0.25, 0.3) is 0 Å². The standard InChI is InChI=1S/C10H18O3S/c1-5-8-6-9(10(8,2)3)7-13-14(4,11)12/h5,9H,6-7H2,1-4H3. The zero-order valence-corrected chi connectivity index (χ0v) is 10.0. The fraction of sp³-hybridized carbons (Fsp3) is 0.800. The quantitative estimate of drug-likeness (QED) is 0.537. The van der Waals surface area contributed by atoms with E-state index in [0.29, 0.717) is 12.5 Å². The molecule has 0 radical (unpaired) electrons. The van der Waals surface area contributed by atoms with Crippen LogP contribution in [0.3, 0.4) is 0 Å². The molecule has 0 aliphatic heterocycles. The minimum absolute atomic E-state index is 0.0967. The molecule has 1 aliphatic carbocycles. The summed E-state index contributed by atoms with van der Waals surface area (Å²) in [4.78, 5) is 0. The molecule has 1 aliphatic rings. The molecule has 0 bridgehead atoms. The van der Waals surface area contributed by atoms with Crippen molar-refractivity contribution < 1.29 is 12.6 Å². The third-order valence-corrected chi connectivity index (χ3v) is 3.71. The highest BCUT2D eigenvalue weighted by Gasteiger charge is 2.43. The highest BCUT2D eigenvalue weighted by atomic mass is 32.2. The average Bonchev–Trinajstić information content (AvgIpc) is 2.00. The first-order valence-corrected chi connectivity index (χ1v) is 6.59. The van der Waals surface area contributed by atoms with E-state index in [-0.39, 0.29) is 5.41 Å². The van der Waals surface area contributed by atoms with Crippen LogP contribution in [0.2, 0.25) is 0 Å². The minimum Gasteiger partial charge on any atom is -0.270 e. The molecular weight excluding hydrogens is 200 g/mol. The molecule has 1 unspecified atom stereocenters. The van der Waals surface area contributed by atoms with Crippen LogP contribution in [0.15, 0.2) is 11.6 Å². The first-order chi connectivity index (χ1) is 6.27. The van der Waals surface area contributed by atoms with Crippen LogP contribution < -0.4 is 0 Å². The van der Waals surface area contributed by atoms with Gasteiger partial charge < -0.3 is 0 Å². The van der Waals surface area contributed by atoms with E-state index in [1.165, 1.54) is 5.57 Å². The maximum Gasteiger partial charge on any atom is 0.264 e. The summed E-state index contributed by atoms with van der Waals surface area (Å²) >= 11 is 0. The van der Waals surface area contributed by atoms with Crippen molar-refractivity contribution in [1.29, 1.82) is 0 Å². The fourth-order valence-corrected chi connectivity index (χ4v) is 2.29. The van der Waals surface area contributed by atoms with Crippen LogP contribution in [-0.4, -0.2) is 21.3 Å². The second-order valence-corrected chi connectivity index (χ2v) is 6.07. The van der Waals surface area contributed by atoms with Crippen molar-refractivity contribution in [3.63, 3.8) is 0 Å². The summed E-state index contributed by atoms with van der Waals surface area (Å²) in [5, 5.41) is 0. The molecule has 1 atom stereocenters. The minimum atomic E-state index is -3.29. The largest absolute Gasteiger partial charge is 0.270 e. The summed E-state index contributed by atoms with van der Waals surface area (Å²) in [6.45, 7) is 6.58. The Labute approximate surface area is 86.3 Å². The first-order valence-electron chi connectivity index (χ1n) is 4.77. The molecule has 0 saturated heterocycles. The predicted molar refractivity (Wildman–Crippen MR) is 56.4 cm³/mol. The Kier molecular flexibility index (Phi) is 3.07. The third kappa shape index (κ3) is 2.36. The van der Waals surface area contributed by atoms with Crippen molar-refractivity contribution in [2.24, 2.45) is 11.3 Å². The predicted octanol–water partition coefficient (Wildman–Crippen LogP) is 1.96. The summed E-state index contributed by atoms with van der Waals surface area (Å²) in [6.07, 6.45) is 4.16. The van der Waals surface area contributed by atoms with Crippen molar-refractivity contribution in [3.05, 3.63) is 11.6 Å². The zero-order valence-electron chi connectivity index (χ0n) is 9.20. The monoisotopic (exact) mass is 218 g/mol. The molecule has 82 valence electrons. The van der Waals surface area contributed by atoms with E-state index in [1.54, 1.807) is 0 Å². The van der Waals surface area contributed by atoms with E-state index in [2.05, 4.69) is 19.9 Å². The van der Waals surface area contributed by atoms with Gasteiger partial charge >= 0.3 is 0 Å². The molecule has 1 rings (SSSR count). The Bertz CT molecular complexity index is 338. The Morgan fingerprint density at radius 2 is 2.14 bits per heavy atom. The van der Waals surface area contributed by atoms with Gasteiger partial charge in [-0.05, 0) is 24.7 Å². The molecule has 1 fully saturated rings. The van der Waals surface area contributed by atoms with E-state index in [4.69, 9.17) is 4.18 Å². The fourth-order valence-electron chi connectivity index (χ4n) is 1.88. The summed E-state index contributed by atoms with van der Waals surface area (Å²) in [5.74, 6) is 0.323. The van der Waals surface area contributed by atoms with Gasteiger partial charge in [-0.3, -0.25) is 4.18 Å². The van der Waals surface area contributed by atoms with Gasteiger partial charge in [-0.2, -0.15) is 8.42 Å². The molecule has 0 N–H and O–H groups in total. The van der Waals surface area contributed by atoms with Crippen LogP contribution in [0.4, 0.5) is 0 Å². The molecule has 4 heteroatoms. The Balaban J connectivity index is 2.52. The van der Waals surface area contributed by atoms with E-state index in [0.717, 1.165) is 12.7 Å². The van der Waals surface area contributed by atoms with Crippen LogP contribution >= 0.6 is 0 Å². The van der Waals surface area contributed by atoms with Crippen molar-refractivity contribution in [2.75, 3.05) is 12.9 Å². The van der Waals surface area contributed by atoms with Crippen molar-refractivity contribution in [2.45, 2.75) is 27.2 Å². The summed E-state index contributed by atoms with van der Waals surface area (Å²) in [5.41, 5.74) is 1.49. The summed E-state index contributed by atoms with van der Waals surface area (Å²) < 4.78 is 26.4. The molecule has 3 nitrogen and oxygen atoms in total. The van der Waals surface area contributed by atoms with Crippen LogP contribution in [0.5, 0.6) is 0 Å². The molecule has 0 amide bonds. The topological polar surface area (TPSA) is 43.4 Å². The molecular formula is C10H18O3S. The molecule has 14 heavy (non-hydrogen) atoms. The second-order valence-electron chi connectivity index (χ2n) is 4.43. The van der Waals surface area contributed by atoms with Gasteiger partial charge in [-0.15, -0.1) is 0 Å². The van der Waals surface area contributed by atoms with E-state index < -0.39 is 10.1 Å². The summed E-state index contributed by atoms with van der Waals surface area (Å²) in [7, 11) is -3.29. The Morgan fingerprint density at radius 1 is 1.57 bits per heavy atom. The van der Waals surface area contributed by atoms with Gasteiger partial charge in [-0.1, -0.05) is 25.5 Å². The maximum absolute atomic E-state index is 10.8. The molecule has 0 aromatic heterocycles. The van der Waals surface area contributed by atoms with Gasteiger partial charge in [0.2, 0.25) is 0 Å². The maximum atomic E-state index is 10.8. The van der Waals surface area contributed by atoms with Crippen molar-refractivity contribution >= 4 is 10.1 Å². The van der Waals surface area contributed by atoms with Gasteiger partial charge in [0.1, 0.15) is 0 Å². The van der Waals surface area contributed by atoms with Crippen molar-refractivity contribution in [1.82, 2.24) is 0 Å². The lowest BCUT2D eigenvalue weighted by Crippen LogP contribution is -2.40. The first kappa shape index (κ1) is 11.7. The lowest BCUT2D eigenvalue weighted by Gasteiger charge is -2.47. The van der Waals surface area contributed by atoms with E-state index in [9.17, 15) is 8.42 Å². The molecule has 0 aromatic carbocycles. The number of hydrogen-bond donors (Lipinski definition) is 0. The molecule has 0 heterocycles. The number of rotatable bonds is 3. The van der Waals surface area contributed by atoms with Crippen LogP contribution in [-0.2, 0) is 14.3 Å². The van der Waals surface area contributed by atoms with Crippen molar-refractivity contribution in [3.8, 4) is 0 Å². The highest BCUT2D eigenvalue weighted by Crippen LogP contribution is 2.50. The molecule has 0 aromatic rings.